The van der Waals surface area contributed by atoms with E-state index in [9.17, 15) is 24.0 Å². The number of hydrogen-bond donors (Lipinski definition) is 0. The molecule has 0 amide bonds. The van der Waals surface area contributed by atoms with Crippen molar-refractivity contribution in [3.05, 3.63) is 35.9 Å². The highest BCUT2D eigenvalue weighted by atomic mass is 79.9. The fourth-order valence-corrected chi connectivity index (χ4v) is 3.81. The summed E-state index contributed by atoms with van der Waals surface area (Å²) in [6.07, 6.45) is -6.71. The number of carbonyl (C=O) groups excluding carboxylic acids is 5. The molecule has 1 aromatic rings. The number of rotatable bonds is 8. The number of benzene rings is 1. The van der Waals surface area contributed by atoms with Crippen molar-refractivity contribution in [2.24, 2.45) is 0 Å². The molecule has 1 aliphatic rings. The number of esters is 5. The maximum Gasteiger partial charge on any atom is 0.324 e. The molecular weight excluding hydrogens is 492 g/mol. The van der Waals surface area contributed by atoms with Crippen LogP contribution in [0.5, 0.6) is 0 Å². The van der Waals surface area contributed by atoms with Gasteiger partial charge in [-0.15, -0.1) is 0 Å². The molecule has 0 saturated carbocycles. The molecule has 1 heterocycles. The second-order valence-electron chi connectivity index (χ2n) is 6.97. The van der Waals surface area contributed by atoms with E-state index in [1.165, 1.54) is 0 Å². The third kappa shape index (κ3) is 6.52. The quantitative estimate of drug-likeness (QED) is 0.287. The van der Waals surface area contributed by atoms with Gasteiger partial charge in [-0.25, -0.2) is 0 Å². The van der Waals surface area contributed by atoms with Gasteiger partial charge in [0.15, 0.2) is 35.3 Å². The lowest BCUT2D eigenvalue weighted by atomic mass is 9.94. The Morgan fingerprint density at radius 1 is 0.875 bits per heavy atom. The Morgan fingerprint density at radius 3 is 1.94 bits per heavy atom. The highest BCUT2D eigenvalue weighted by molar-refractivity contribution is 9.10. The minimum Gasteiger partial charge on any atom is -0.457 e. The van der Waals surface area contributed by atoms with E-state index in [1.54, 1.807) is 30.3 Å². The molecule has 1 aliphatic heterocycles. The molecule has 2 rings (SSSR count). The standard InChI is InChI=1S/C21H23BrO10/c1-10(23)28-16(14-8-6-5-7-9-14)18(30-12(3)25)20(31-13(4)26)19-17(29-11(2)24)15(22)21(27)32-19/h5-9,15-20H,1-4H3/t15-,16-,17-,18-,19+,20+/m1/s1. The van der Waals surface area contributed by atoms with Crippen molar-refractivity contribution in [1.82, 2.24) is 0 Å². The van der Waals surface area contributed by atoms with Gasteiger partial charge in [-0.3, -0.25) is 24.0 Å². The van der Waals surface area contributed by atoms with Crippen LogP contribution in [0, 0.1) is 0 Å². The summed E-state index contributed by atoms with van der Waals surface area (Å²) in [5, 5.41) is 0. The van der Waals surface area contributed by atoms with Crippen LogP contribution in [0.15, 0.2) is 30.3 Å². The van der Waals surface area contributed by atoms with Crippen LogP contribution in [-0.2, 0) is 47.7 Å². The Balaban J connectivity index is 2.59. The largest absolute Gasteiger partial charge is 0.457 e. The Bertz CT molecular complexity index is 871. The third-order valence-corrected chi connectivity index (χ3v) is 5.26. The predicted molar refractivity (Wildman–Crippen MR) is 110 cm³/mol. The minimum atomic E-state index is -1.48. The number of carbonyl (C=O) groups is 5. The first-order valence-corrected chi connectivity index (χ1v) is 10.5. The van der Waals surface area contributed by atoms with Gasteiger partial charge in [0.05, 0.1) is 0 Å². The Morgan fingerprint density at radius 2 is 1.44 bits per heavy atom. The lowest BCUT2D eigenvalue weighted by Gasteiger charge is -2.35. The lowest BCUT2D eigenvalue weighted by molar-refractivity contribution is -0.201. The van der Waals surface area contributed by atoms with Crippen LogP contribution in [0.25, 0.3) is 0 Å². The van der Waals surface area contributed by atoms with Crippen molar-refractivity contribution in [2.75, 3.05) is 0 Å². The maximum absolute atomic E-state index is 12.2. The van der Waals surface area contributed by atoms with Crippen molar-refractivity contribution in [3.63, 3.8) is 0 Å². The molecule has 32 heavy (non-hydrogen) atoms. The molecule has 0 bridgehead atoms. The van der Waals surface area contributed by atoms with Gasteiger partial charge in [-0.05, 0) is 5.56 Å². The van der Waals surface area contributed by atoms with Gasteiger partial charge >= 0.3 is 29.8 Å². The first-order chi connectivity index (χ1) is 15.0. The fraction of sp³-hybridized carbons (Fsp3) is 0.476. The molecular formula is C21H23BrO10. The van der Waals surface area contributed by atoms with E-state index >= 15 is 0 Å². The summed E-state index contributed by atoms with van der Waals surface area (Å²) in [7, 11) is 0. The molecule has 0 spiro atoms. The summed E-state index contributed by atoms with van der Waals surface area (Å²) in [6.45, 7) is 4.51. The lowest BCUT2D eigenvalue weighted by Crippen LogP contribution is -2.51. The number of ether oxygens (including phenoxy) is 5. The van der Waals surface area contributed by atoms with Gasteiger partial charge in [0.2, 0.25) is 0 Å². The van der Waals surface area contributed by atoms with E-state index in [2.05, 4.69) is 15.9 Å². The van der Waals surface area contributed by atoms with Crippen LogP contribution in [-0.4, -0.2) is 59.1 Å². The molecule has 174 valence electrons. The summed E-state index contributed by atoms with van der Waals surface area (Å²) < 4.78 is 26.8. The van der Waals surface area contributed by atoms with E-state index < -0.39 is 65.2 Å². The van der Waals surface area contributed by atoms with Crippen LogP contribution in [0.1, 0.15) is 39.4 Å². The van der Waals surface area contributed by atoms with Crippen LogP contribution in [0.4, 0.5) is 0 Å². The number of hydrogen-bond acceptors (Lipinski definition) is 10. The molecule has 1 fully saturated rings. The zero-order chi connectivity index (χ0) is 24.0. The molecule has 6 atom stereocenters. The molecule has 0 unspecified atom stereocenters. The first-order valence-electron chi connectivity index (χ1n) is 9.59. The normalized spacial score (nSPS) is 22.7. The Labute approximate surface area is 192 Å². The van der Waals surface area contributed by atoms with E-state index in [-0.39, 0.29) is 0 Å². The van der Waals surface area contributed by atoms with Gasteiger partial charge in [0, 0.05) is 27.7 Å². The average Bonchev–Trinajstić information content (AvgIpc) is 2.97. The first kappa shape index (κ1) is 25.3. The van der Waals surface area contributed by atoms with E-state index in [1.807, 2.05) is 0 Å². The highest BCUT2D eigenvalue weighted by Crippen LogP contribution is 2.35. The van der Waals surface area contributed by atoms with Crippen molar-refractivity contribution in [3.8, 4) is 0 Å². The van der Waals surface area contributed by atoms with Gasteiger partial charge in [-0.1, -0.05) is 46.3 Å². The van der Waals surface area contributed by atoms with Crippen molar-refractivity contribution in [2.45, 2.75) is 63.0 Å². The molecule has 0 radical (unpaired) electrons. The van der Waals surface area contributed by atoms with Crippen LogP contribution < -0.4 is 0 Å². The third-order valence-electron chi connectivity index (χ3n) is 4.36. The van der Waals surface area contributed by atoms with Crippen molar-refractivity contribution < 1.29 is 47.7 Å². The van der Waals surface area contributed by atoms with Crippen LogP contribution in [0.2, 0.25) is 0 Å². The summed E-state index contributed by atoms with van der Waals surface area (Å²) in [5.41, 5.74) is 0.426. The van der Waals surface area contributed by atoms with Gasteiger partial charge in [0.25, 0.3) is 0 Å². The number of alkyl halides is 1. The zero-order valence-electron chi connectivity index (χ0n) is 17.8. The summed E-state index contributed by atoms with van der Waals surface area (Å²) >= 11 is 3.11. The topological polar surface area (TPSA) is 132 Å². The predicted octanol–water partition coefficient (Wildman–Crippen LogP) is 1.77. The minimum absolute atomic E-state index is 0.426. The molecule has 0 aromatic heterocycles. The molecule has 1 saturated heterocycles. The summed E-state index contributed by atoms with van der Waals surface area (Å²) in [6, 6.07) is 8.30. The Kier molecular flexibility index (Phi) is 8.76. The monoisotopic (exact) mass is 514 g/mol. The smallest absolute Gasteiger partial charge is 0.324 e. The fourth-order valence-electron chi connectivity index (χ4n) is 3.29. The van der Waals surface area contributed by atoms with Crippen molar-refractivity contribution >= 4 is 45.8 Å². The van der Waals surface area contributed by atoms with E-state index in [0.29, 0.717) is 5.56 Å². The van der Waals surface area contributed by atoms with Crippen LogP contribution in [0.3, 0.4) is 0 Å². The maximum atomic E-state index is 12.2. The van der Waals surface area contributed by atoms with E-state index in [0.717, 1.165) is 27.7 Å². The highest BCUT2D eigenvalue weighted by Gasteiger charge is 2.55. The molecule has 10 nitrogen and oxygen atoms in total. The molecule has 11 heteroatoms. The molecule has 0 N–H and O–H groups in total. The molecule has 0 aliphatic carbocycles. The van der Waals surface area contributed by atoms with Gasteiger partial charge in [-0.2, -0.15) is 0 Å². The summed E-state index contributed by atoms with van der Waals surface area (Å²) in [5.74, 6) is -3.76. The Hall–Kier alpha value is -2.95. The van der Waals surface area contributed by atoms with Gasteiger partial charge in [0.1, 0.15) is 0 Å². The molecule has 1 aromatic carbocycles. The second kappa shape index (κ2) is 11.1. The summed E-state index contributed by atoms with van der Waals surface area (Å²) in [4.78, 5) is 58.6. The number of halogens is 1. The van der Waals surface area contributed by atoms with Crippen LogP contribution >= 0.6 is 15.9 Å². The second-order valence-corrected chi connectivity index (χ2v) is 7.95. The van der Waals surface area contributed by atoms with Crippen molar-refractivity contribution in [1.29, 1.82) is 0 Å². The van der Waals surface area contributed by atoms with Gasteiger partial charge < -0.3 is 23.7 Å². The average molecular weight is 515 g/mol. The SMILES string of the molecule is CC(=O)O[C@H]([C@H]1OC(=O)[C@H](Br)[C@H]1OC(C)=O)[C@H](OC(C)=O)[C@H](OC(C)=O)c1ccccc1. The van der Waals surface area contributed by atoms with E-state index in [4.69, 9.17) is 23.7 Å². The zero-order valence-corrected chi connectivity index (χ0v) is 19.4. The number of cyclic esters (lactones) is 1.